The molecule has 1 N–H and O–H groups in total. The third-order valence-electron chi connectivity index (χ3n) is 2.68. The second-order valence-corrected chi connectivity index (χ2v) is 5.03. The average Bonchev–Trinajstić information content (AvgIpc) is 2.83. The molecule has 0 bridgehead atoms. The number of amides is 2. The number of rotatable bonds is 5. The Morgan fingerprint density at radius 1 is 1.58 bits per heavy atom. The standard InChI is InChI=1S/C12H15N3O3S/c1-18-11-3-2-9(8-13-11)14-10(16)4-5-15-6-7-19-12(15)17/h2-3,8H,4-7H2,1H3,(H,14,16). The Balaban J connectivity index is 1.78. The van der Waals surface area contributed by atoms with E-state index in [1.807, 2.05) is 0 Å². The summed E-state index contributed by atoms with van der Waals surface area (Å²) < 4.78 is 4.93. The lowest BCUT2D eigenvalue weighted by atomic mass is 10.3. The number of hydrogen-bond donors (Lipinski definition) is 1. The molecule has 1 aromatic heterocycles. The van der Waals surface area contributed by atoms with E-state index in [0.29, 0.717) is 24.5 Å². The van der Waals surface area contributed by atoms with Crippen molar-refractivity contribution in [3.63, 3.8) is 0 Å². The van der Waals surface area contributed by atoms with Gasteiger partial charge in [0.05, 0.1) is 19.0 Å². The van der Waals surface area contributed by atoms with Crippen molar-refractivity contribution >= 4 is 28.6 Å². The smallest absolute Gasteiger partial charge is 0.281 e. The number of thioether (sulfide) groups is 1. The van der Waals surface area contributed by atoms with Crippen LogP contribution in [0.3, 0.4) is 0 Å². The molecule has 0 atom stereocenters. The molecule has 2 amide bonds. The normalized spacial score (nSPS) is 14.6. The highest BCUT2D eigenvalue weighted by molar-refractivity contribution is 8.13. The van der Waals surface area contributed by atoms with Crippen LogP contribution >= 0.6 is 11.8 Å². The molecule has 0 unspecified atom stereocenters. The van der Waals surface area contributed by atoms with Crippen molar-refractivity contribution < 1.29 is 14.3 Å². The van der Waals surface area contributed by atoms with Gasteiger partial charge in [-0.25, -0.2) is 4.98 Å². The minimum absolute atomic E-state index is 0.0546. The average molecular weight is 281 g/mol. The van der Waals surface area contributed by atoms with Gasteiger partial charge < -0.3 is 15.0 Å². The topological polar surface area (TPSA) is 71.5 Å². The largest absolute Gasteiger partial charge is 0.481 e. The number of carbonyl (C=O) groups excluding carboxylic acids is 2. The predicted molar refractivity (Wildman–Crippen MR) is 73.5 cm³/mol. The number of nitrogens with zero attached hydrogens (tertiary/aromatic N) is 2. The molecule has 19 heavy (non-hydrogen) atoms. The fourth-order valence-corrected chi connectivity index (χ4v) is 2.52. The SMILES string of the molecule is COc1ccc(NC(=O)CCN2CCSC2=O)cn1. The summed E-state index contributed by atoms with van der Waals surface area (Å²) >= 11 is 1.30. The first-order valence-electron chi connectivity index (χ1n) is 5.90. The lowest BCUT2D eigenvalue weighted by Gasteiger charge is -2.13. The summed E-state index contributed by atoms with van der Waals surface area (Å²) in [6.45, 7) is 1.18. The Labute approximate surface area is 115 Å². The van der Waals surface area contributed by atoms with Crippen molar-refractivity contribution in [1.82, 2.24) is 9.88 Å². The number of hydrogen-bond acceptors (Lipinski definition) is 5. The Morgan fingerprint density at radius 3 is 3.00 bits per heavy atom. The summed E-state index contributed by atoms with van der Waals surface area (Å²) in [4.78, 5) is 28.8. The molecule has 1 saturated heterocycles. The molecular formula is C12H15N3O3S. The molecule has 1 aliphatic rings. The van der Waals surface area contributed by atoms with E-state index in [-0.39, 0.29) is 11.1 Å². The molecule has 2 heterocycles. The van der Waals surface area contributed by atoms with E-state index in [0.717, 1.165) is 12.3 Å². The van der Waals surface area contributed by atoms with Crippen LogP contribution in [0.15, 0.2) is 18.3 Å². The number of pyridine rings is 1. The van der Waals surface area contributed by atoms with Crippen LogP contribution in [0.4, 0.5) is 10.5 Å². The van der Waals surface area contributed by atoms with E-state index in [2.05, 4.69) is 10.3 Å². The van der Waals surface area contributed by atoms with E-state index in [1.54, 1.807) is 17.0 Å². The first-order chi connectivity index (χ1) is 9.19. The summed E-state index contributed by atoms with van der Waals surface area (Å²) in [5, 5.41) is 2.78. The van der Waals surface area contributed by atoms with Crippen molar-refractivity contribution in [1.29, 1.82) is 0 Å². The van der Waals surface area contributed by atoms with E-state index in [1.165, 1.54) is 25.1 Å². The number of ether oxygens (including phenoxy) is 1. The molecule has 0 saturated carbocycles. The molecule has 2 rings (SSSR count). The van der Waals surface area contributed by atoms with Crippen LogP contribution in [0.5, 0.6) is 5.88 Å². The van der Waals surface area contributed by atoms with Crippen LogP contribution in [-0.2, 0) is 4.79 Å². The fraction of sp³-hybridized carbons (Fsp3) is 0.417. The van der Waals surface area contributed by atoms with Crippen LogP contribution in [0.2, 0.25) is 0 Å². The molecule has 0 spiro atoms. The van der Waals surface area contributed by atoms with Gasteiger partial charge in [0.25, 0.3) is 5.24 Å². The molecule has 0 aliphatic carbocycles. The Kier molecular flexibility index (Phi) is 4.62. The van der Waals surface area contributed by atoms with Crippen molar-refractivity contribution in [2.45, 2.75) is 6.42 Å². The van der Waals surface area contributed by atoms with Crippen LogP contribution in [0.1, 0.15) is 6.42 Å². The minimum Gasteiger partial charge on any atom is -0.481 e. The van der Waals surface area contributed by atoms with Gasteiger partial charge in [0, 0.05) is 31.3 Å². The second kappa shape index (κ2) is 6.42. The summed E-state index contributed by atoms with van der Waals surface area (Å²) in [5.74, 6) is 1.18. The van der Waals surface area contributed by atoms with Crippen LogP contribution < -0.4 is 10.1 Å². The van der Waals surface area contributed by atoms with Gasteiger partial charge in [-0.05, 0) is 6.07 Å². The van der Waals surface area contributed by atoms with Gasteiger partial charge in [-0.3, -0.25) is 9.59 Å². The third kappa shape index (κ3) is 3.85. The summed E-state index contributed by atoms with van der Waals surface area (Å²) in [7, 11) is 1.53. The van der Waals surface area contributed by atoms with Crippen LogP contribution in [0, 0.1) is 0 Å². The molecule has 102 valence electrons. The maximum atomic E-state index is 11.7. The maximum Gasteiger partial charge on any atom is 0.281 e. The molecular weight excluding hydrogens is 266 g/mol. The van der Waals surface area contributed by atoms with E-state index in [9.17, 15) is 9.59 Å². The van der Waals surface area contributed by atoms with Gasteiger partial charge in [-0.1, -0.05) is 11.8 Å². The van der Waals surface area contributed by atoms with Gasteiger partial charge in [-0.2, -0.15) is 0 Å². The number of methoxy groups -OCH3 is 1. The molecule has 6 nitrogen and oxygen atoms in total. The number of carbonyl (C=O) groups is 2. The van der Waals surface area contributed by atoms with Gasteiger partial charge in [-0.15, -0.1) is 0 Å². The minimum atomic E-state index is -0.128. The van der Waals surface area contributed by atoms with Gasteiger partial charge in [0.15, 0.2) is 0 Å². The Bertz CT molecular complexity index is 464. The third-order valence-corrected chi connectivity index (χ3v) is 3.57. The highest BCUT2D eigenvalue weighted by atomic mass is 32.2. The van der Waals surface area contributed by atoms with E-state index in [4.69, 9.17) is 4.74 Å². The van der Waals surface area contributed by atoms with Crippen molar-refractivity contribution in [2.24, 2.45) is 0 Å². The molecule has 1 fully saturated rings. The highest BCUT2D eigenvalue weighted by Crippen LogP contribution is 2.17. The van der Waals surface area contributed by atoms with Crippen molar-refractivity contribution in [2.75, 3.05) is 31.3 Å². The van der Waals surface area contributed by atoms with Crippen LogP contribution in [-0.4, -0.2) is 47.0 Å². The lowest BCUT2D eigenvalue weighted by Crippen LogP contribution is -2.27. The first-order valence-corrected chi connectivity index (χ1v) is 6.89. The zero-order chi connectivity index (χ0) is 13.7. The molecule has 7 heteroatoms. The zero-order valence-electron chi connectivity index (χ0n) is 10.6. The highest BCUT2D eigenvalue weighted by Gasteiger charge is 2.21. The molecule has 1 aromatic rings. The summed E-state index contributed by atoms with van der Waals surface area (Å²) in [6, 6.07) is 3.40. The zero-order valence-corrected chi connectivity index (χ0v) is 11.4. The van der Waals surface area contributed by atoms with Crippen molar-refractivity contribution in [3.8, 4) is 5.88 Å². The molecule has 1 aliphatic heterocycles. The quantitative estimate of drug-likeness (QED) is 0.887. The lowest BCUT2D eigenvalue weighted by molar-refractivity contribution is -0.116. The predicted octanol–water partition coefficient (Wildman–Crippen LogP) is 1.59. The summed E-state index contributed by atoms with van der Waals surface area (Å²) in [6.07, 6.45) is 1.83. The van der Waals surface area contributed by atoms with E-state index >= 15 is 0 Å². The molecule has 0 radical (unpaired) electrons. The number of anilines is 1. The number of aromatic nitrogens is 1. The fourth-order valence-electron chi connectivity index (χ4n) is 1.66. The first kappa shape index (κ1) is 13.7. The second-order valence-electron chi connectivity index (χ2n) is 3.99. The Hall–Kier alpha value is -1.76. The Morgan fingerprint density at radius 2 is 2.42 bits per heavy atom. The van der Waals surface area contributed by atoms with Crippen LogP contribution in [0.25, 0.3) is 0 Å². The summed E-state index contributed by atoms with van der Waals surface area (Å²) in [5.41, 5.74) is 0.618. The molecule has 0 aromatic carbocycles. The van der Waals surface area contributed by atoms with E-state index < -0.39 is 0 Å². The van der Waals surface area contributed by atoms with Gasteiger partial charge >= 0.3 is 0 Å². The van der Waals surface area contributed by atoms with Gasteiger partial charge in [0.2, 0.25) is 11.8 Å². The monoisotopic (exact) mass is 281 g/mol. The van der Waals surface area contributed by atoms with Crippen molar-refractivity contribution in [3.05, 3.63) is 18.3 Å². The number of nitrogens with one attached hydrogen (secondary N) is 1. The van der Waals surface area contributed by atoms with Gasteiger partial charge in [0.1, 0.15) is 0 Å². The maximum absolute atomic E-state index is 11.7.